The number of unbranched alkanes of at least 4 members (excludes halogenated alkanes) is 5. The molecule has 1 aliphatic rings. The van der Waals surface area contributed by atoms with Crippen LogP contribution in [0, 0.1) is 0 Å². The Morgan fingerprint density at radius 2 is 1.75 bits per heavy atom. The Balaban J connectivity index is 1.65. The van der Waals surface area contributed by atoms with Crippen molar-refractivity contribution in [2.75, 3.05) is 0 Å². The fourth-order valence-corrected chi connectivity index (χ4v) is 3.34. The van der Waals surface area contributed by atoms with Gasteiger partial charge in [0.05, 0.1) is 0 Å². The molecule has 0 saturated carbocycles. The van der Waals surface area contributed by atoms with Gasteiger partial charge in [0.25, 0.3) is 0 Å². The van der Waals surface area contributed by atoms with Crippen molar-refractivity contribution in [3.05, 3.63) is 34.9 Å². The smallest absolute Gasteiger partial charge is 0.00793 e. The Hall–Kier alpha value is -0.820. The van der Waals surface area contributed by atoms with Crippen molar-refractivity contribution in [3.63, 3.8) is 0 Å². The van der Waals surface area contributed by atoms with Gasteiger partial charge >= 0.3 is 0 Å². The van der Waals surface area contributed by atoms with Gasteiger partial charge in [0.1, 0.15) is 0 Å². The quantitative estimate of drug-likeness (QED) is 0.643. The minimum atomic E-state index is 0.348. The number of hydrogen-bond donors (Lipinski definition) is 1. The number of fused-ring (bicyclic) bond motifs is 1. The molecule has 0 aromatic heterocycles. The molecule has 1 nitrogen and oxygen atoms in total. The zero-order valence-electron chi connectivity index (χ0n) is 13.2. The third-order valence-corrected chi connectivity index (χ3v) is 4.59. The number of nitrogens with two attached hydrogens (primary N) is 1. The standard InChI is InChI=1S/C19H31N/c1-2-3-4-5-6-7-11-19(20)15-16-12-13-17-9-8-10-18(17)14-16/h12-14,19H,2-11,15,20H2,1H3. The Morgan fingerprint density at radius 1 is 1.00 bits per heavy atom. The first-order chi connectivity index (χ1) is 9.79. The lowest BCUT2D eigenvalue weighted by Gasteiger charge is -2.12. The van der Waals surface area contributed by atoms with Crippen LogP contribution in [0.5, 0.6) is 0 Å². The van der Waals surface area contributed by atoms with Crippen LogP contribution in [0.15, 0.2) is 18.2 Å². The van der Waals surface area contributed by atoms with Gasteiger partial charge in [0, 0.05) is 6.04 Å². The highest BCUT2D eigenvalue weighted by Crippen LogP contribution is 2.23. The number of hydrogen-bond acceptors (Lipinski definition) is 1. The fraction of sp³-hybridized carbons (Fsp3) is 0.684. The average molecular weight is 273 g/mol. The normalized spacial score (nSPS) is 15.3. The first-order valence-electron chi connectivity index (χ1n) is 8.66. The summed E-state index contributed by atoms with van der Waals surface area (Å²) in [7, 11) is 0. The second-order valence-electron chi connectivity index (χ2n) is 6.48. The second-order valence-corrected chi connectivity index (χ2v) is 6.48. The van der Waals surface area contributed by atoms with Gasteiger partial charge in [-0.05, 0) is 48.8 Å². The molecule has 1 aliphatic carbocycles. The topological polar surface area (TPSA) is 26.0 Å². The van der Waals surface area contributed by atoms with Crippen LogP contribution in [0.25, 0.3) is 0 Å². The molecular formula is C19H31N. The molecule has 2 rings (SSSR count). The molecule has 1 heteroatoms. The van der Waals surface area contributed by atoms with Crippen LogP contribution < -0.4 is 5.73 Å². The molecule has 0 saturated heterocycles. The number of rotatable bonds is 9. The maximum Gasteiger partial charge on any atom is 0.00793 e. The largest absolute Gasteiger partial charge is 0.327 e. The van der Waals surface area contributed by atoms with Gasteiger partial charge < -0.3 is 5.73 Å². The van der Waals surface area contributed by atoms with Crippen LogP contribution in [-0.4, -0.2) is 6.04 Å². The summed E-state index contributed by atoms with van der Waals surface area (Å²) in [4.78, 5) is 0. The lowest BCUT2D eigenvalue weighted by Crippen LogP contribution is -2.22. The SMILES string of the molecule is CCCCCCCCC(N)Cc1ccc2c(c1)CCC2. The molecule has 0 bridgehead atoms. The van der Waals surface area contributed by atoms with Gasteiger partial charge in [-0.15, -0.1) is 0 Å². The summed E-state index contributed by atoms with van der Waals surface area (Å²) in [5.41, 5.74) is 10.9. The number of aryl methyl sites for hydroxylation is 2. The minimum Gasteiger partial charge on any atom is -0.327 e. The van der Waals surface area contributed by atoms with E-state index in [1.807, 2.05) is 0 Å². The fourth-order valence-electron chi connectivity index (χ4n) is 3.34. The summed E-state index contributed by atoms with van der Waals surface area (Å²) >= 11 is 0. The Kier molecular flexibility index (Phi) is 6.59. The van der Waals surface area contributed by atoms with E-state index in [2.05, 4.69) is 25.1 Å². The van der Waals surface area contributed by atoms with E-state index >= 15 is 0 Å². The second kappa shape index (κ2) is 8.46. The Morgan fingerprint density at radius 3 is 2.60 bits per heavy atom. The van der Waals surface area contributed by atoms with Crippen LogP contribution >= 0.6 is 0 Å². The van der Waals surface area contributed by atoms with Crippen molar-refractivity contribution in [2.24, 2.45) is 5.73 Å². The molecule has 20 heavy (non-hydrogen) atoms. The summed E-state index contributed by atoms with van der Waals surface area (Å²) in [6.45, 7) is 2.27. The van der Waals surface area contributed by atoms with E-state index in [-0.39, 0.29) is 0 Å². The summed E-state index contributed by atoms with van der Waals surface area (Å²) in [6, 6.07) is 7.38. The molecule has 112 valence electrons. The third-order valence-electron chi connectivity index (χ3n) is 4.59. The van der Waals surface area contributed by atoms with Gasteiger partial charge in [0.2, 0.25) is 0 Å². The molecule has 1 aromatic carbocycles. The molecule has 0 aliphatic heterocycles. The van der Waals surface area contributed by atoms with Crippen LogP contribution in [0.1, 0.15) is 75.0 Å². The summed E-state index contributed by atoms with van der Waals surface area (Å²) in [6.07, 6.45) is 14.3. The maximum absolute atomic E-state index is 6.29. The zero-order valence-corrected chi connectivity index (χ0v) is 13.2. The molecule has 2 N–H and O–H groups in total. The Labute approximate surface area is 125 Å². The Bertz CT molecular complexity index is 397. The first kappa shape index (κ1) is 15.6. The zero-order chi connectivity index (χ0) is 14.2. The van der Waals surface area contributed by atoms with Gasteiger partial charge in [-0.3, -0.25) is 0 Å². The van der Waals surface area contributed by atoms with E-state index in [9.17, 15) is 0 Å². The van der Waals surface area contributed by atoms with Gasteiger partial charge in [-0.2, -0.15) is 0 Å². The van der Waals surface area contributed by atoms with Crippen molar-refractivity contribution in [2.45, 2.75) is 83.6 Å². The van der Waals surface area contributed by atoms with Crippen molar-refractivity contribution < 1.29 is 0 Å². The van der Waals surface area contributed by atoms with Gasteiger partial charge in [-0.1, -0.05) is 63.6 Å². The van der Waals surface area contributed by atoms with Crippen LogP contribution in [-0.2, 0) is 19.3 Å². The van der Waals surface area contributed by atoms with E-state index < -0.39 is 0 Å². The third kappa shape index (κ3) is 4.94. The summed E-state index contributed by atoms with van der Waals surface area (Å²) in [5.74, 6) is 0. The van der Waals surface area contributed by atoms with Crippen LogP contribution in [0.3, 0.4) is 0 Å². The minimum absolute atomic E-state index is 0.348. The molecular weight excluding hydrogens is 242 g/mol. The molecule has 0 radical (unpaired) electrons. The summed E-state index contributed by atoms with van der Waals surface area (Å²) < 4.78 is 0. The van der Waals surface area contributed by atoms with Crippen molar-refractivity contribution >= 4 is 0 Å². The lowest BCUT2D eigenvalue weighted by atomic mass is 9.98. The highest BCUT2D eigenvalue weighted by molar-refractivity contribution is 5.35. The highest BCUT2D eigenvalue weighted by Gasteiger charge is 2.12. The lowest BCUT2D eigenvalue weighted by molar-refractivity contribution is 0.532. The predicted molar refractivity (Wildman–Crippen MR) is 88.1 cm³/mol. The predicted octanol–water partition coefficient (Wildman–Crippen LogP) is 4.80. The summed E-state index contributed by atoms with van der Waals surface area (Å²) in [5, 5.41) is 0. The van der Waals surface area contributed by atoms with E-state index in [0.29, 0.717) is 6.04 Å². The first-order valence-corrected chi connectivity index (χ1v) is 8.66. The maximum atomic E-state index is 6.29. The number of benzene rings is 1. The van der Waals surface area contributed by atoms with E-state index in [1.165, 1.54) is 69.8 Å². The van der Waals surface area contributed by atoms with Crippen molar-refractivity contribution in [3.8, 4) is 0 Å². The van der Waals surface area contributed by atoms with E-state index in [1.54, 1.807) is 11.1 Å². The molecule has 1 aromatic rings. The molecule has 0 fully saturated rings. The molecule has 1 atom stereocenters. The molecule has 1 unspecified atom stereocenters. The average Bonchev–Trinajstić information content (AvgIpc) is 2.90. The monoisotopic (exact) mass is 273 g/mol. The molecule has 0 amide bonds. The van der Waals surface area contributed by atoms with E-state index in [0.717, 1.165) is 6.42 Å². The van der Waals surface area contributed by atoms with Gasteiger partial charge in [0.15, 0.2) is 0 Å². The molecule has 0 heterocycles. The highest BCUT2D eigenvalue weighted by atomic mass is 14.6. The van der Waals surface area contributed by atoms with Gasteiger partial charge in [-0.25, -0.2) is 0 Å². The van der Waals surface area contributed by atoms with Crippen molar-refractivity contribution in [1.29, 1.82) is 0 Å². The van der Waals surface area contributed by atoms with E-state index in [4.69, 9.17) is 5.73 Å². The van der Waals surface area contributed by atoms with Crippen LogP contribution in [0.4, 0.5) is 0 Å². The molecule has 0 spiro atoms. The van der Waals surface area contributed by atoms with Crippen LogP contribution in [0.2, 0.25) is 0 Å². The van der Waals surface area contributed by atoms with Crippen molar-refractivity contribution in [1.82, 2.24) is 0 Å².